The van der Waals surface area contributed by atoms with Crippen LogP contribution < -0.4 is 5.73 Å². The molecule has 1 fully saturated rings. The van der Waals surface area contributed by atoms with Crippen LogP contribution in [0.1, 0.15) is 28.8 Å². The lowest BCUT2D eigenvalue weighted by Gasteiger charge is -2.30. The molecule has 106 valence electrons. The summed E-state index contributed by atoms with van der Waals surface area (Å²) < 4.78 is 4.67. The molecule has 2 rings (SSSR count). The van der Waals surface area contributed by atoms with Crippen LogP contribution in [0.2, 0.25) is 0 Å². The van der Waals surface area contributed by atoms with Crippen molar-refractivity contribution in [2.24, 2.45) is 5.73 Å². The fraction of sp³-hybridized carbons (Fsp3) is 0.500. The first kappa shape index (κ1) is 16.0. The molecule has 1 aromatic carbocycles. The van der Waals surface area contributed by atoms with Gasteiger partial charge in [0.2, 0.25) is 0 Å². The number of hydrogen-bond acceptors (Lipinski definition) is 4. The Morgan fingerprint density at radius 3 is 2.68 bits per heavy atom. The van der Waals surface area contributed by atoms with Gasteiger partial charge in [-0.15, -0.1) is 12.4 Å². The molecule has 5 heteroatoms. The Hall–Kier alpha value is -1.10. The molecule has 0 bridgehead atoms. The summed E-state index contributed by atoms with van der Waals surface area (Å²) in [6.07, 6.45) is 2.29. The molecule has 1 saturated heterocycles. The Morgan fingerprint density at radius 1 is 1.42 bits per heavy atom. The number of carbonyl (C=O) groups excluding carboxylic acids is 1. The molecule has 0 aromatic heterocycles. The second-order valence-corrected chi connectivity index (χ2v) is 4.83. The predicted octanol–water partition coefficient (Wildman–Crippen LogP) is 1.82. The smallest absolute Gasteiger partial charge is 0.337 e. The van der Waals surface area contributed by atoms with Crippen molar-refractivity contribution in [3.63, 3.8) is 0 Å². The number of likely N-dealkylation sites (tertiary alicyclic amines) is 1. The number of halogens is 1. The Balaban J connectivity index is 0.00000180. The van der Waals surface area contributed by atoms with Gasteiger partial charge in [-0.05, 0) is 37.1 Å². The van der Waals surface area contributed by atoms with Crippen LogP contribution in [0.3, 0.4) is 0 Å². The van der Waals surface area contributed by atoms with E-state index in [9.17, 15) is 4.79 Å². The van der Waals surface area contributed by atoms with Gasteiger partial charge in [-0.2, -0.15) is 0 Å². The van der Waals surface area contributed by atoms with E-state index in [0.29, 0.717) is 11.6 Å². The van der Waals surface area contributed by atoms with E-state index in [0.717, 1.165) is 26.1 Å². The summed E-state index contributed by atoms with van der Waals surface area (Å²) in [5, 5.41) is 0. The summed E-state index contributed by atoms with van der Waals surface area (Å²) >= 11 is 0. The van der Waals surface area contributed by atoms with Crippen molar-refractivity contribution in [1.82, 2.24) is 4.90 Å². The zero-order chi connectivity index (χ0) is 13.0. The molecular formula is C14H21ClN2O2. The van der Waals surface area contributed by atoms with E-state index in [4.69, 9.17) is 5.73 Å². The molecule has 0 unspecified atom stereocenters. The van der Waals surface area contributed by atoms with Gasteiger partial charge in [-0.3, -0.25) is 4.90 Å². The molecule has 0 amide bonds. The van der Waals surface area contributed by atoms with E-state index in [1.807, 2.05) is 24.3 Å². The largest absolute Gasteiger partial charge is 0.465 e. The van der Waals surface area contributed by atoms with Gasteiger partial charge in [-0.1, -0.05) is 12.1 Å². The Labute approximate surface area is 120 Å². The van der Waals surface area contributed by atoms with Gasteiger partial charge in [0.15, 0.2) is 0 Å². The first-order valence-corrected chi connectivity index (χ1v) is 6.34. The zero-order valence-electron chi connectivity index (χ0n) is 11.2. The Bertz CT molecular complexity index is 408. The number of piperidine rings is 1. The van der Waals surface area contributed by atoms with Crippen LogP contribution in [0.25, 0.3) is 0 Å². The van der Waals surface area contributed by atoms with Gasteiger partial charge in [0.1, 0.15) is 0 Å². The van der Waals surface area contributed by atoms with Crippen molar-refractivity contribution in [1.29, 1.82) is 0 Å². The molecule has 4 nitrogen and oxygen atoms in total. The highest BCUT2D eigenvalue weighted by atomic mass is 35.5. The van der Waals surface area contributed by atoms with Crippen molar-refractivity contribution in [2.45, 2.75) is 25.4 Å². The zero-order valence-corrected chi connectivity index (χ0v) is 12.0. The van der Waals surface area contributed by atoms with Crippen LogP contribution in [0.15, 0.2) is 24.3 Å². The second kappa shape index (κ2) is 7.48. The molecule has 0 aliphatic carbocycles. The van der Waals surface area contributed by atoms with E-state index < -0.39 is 0 Å². The van der Waals surface area contributed by atoms with Crippen molar-refractivity contribution >= 4 is 18.4 Å². The molecule has 1 heterocycles. The average Bonchev–Trinajstić information content (AvgIpc) is 2.39. The van der Waals surface area contributed by atoms with Crippen molar-refractivity contribution in [3.8, 4) is 0 Å². The minimum absolute atomic E-state index is 0. The molecule has 0 spiro atoms. The van der Waals surface area contributed by atoms with E-state index in [1.165, 1.54) is 19.1 Å². The second-order valence-electron chi connectivity index (χ2n) is 4.83. The fourth-order valence-corrected chi connectivity index (χ4v) is 2.36. The van der Waals surface area contributed by atoms with Crippen molar-refractivity contribution in [2.75, 3.05) is 20.2 Å². The molecule has 1 aliphatic rings. The van der Waals surface area contributed by atoms with Crippen LogP contribution >= 0.6 is 12.4 Å². The third kappa shape index (κ3) is 4.49. The van der Waals surface area contributed by atoms with Crippen LogP contribution in [0, 0.1) is 0 Å². The fourth-order valence-electron chi connectivity index (χ4n) is 2.36. The standard InChI is InChI=1S/C14H20N2O2.ClH/c1-18-14(17)12-6-4-11(5-7-12)9-16-8-2-3-13(15)10-16;/h4-7,13H,2-3,8-10,15H2,1H3;1H/t13-;/m1./s1. The van der Waals surface area contributed by atoms with Crippen LogP contribution in [0.4, 0.5) is 0 Å². The lowest BCUT2D eigenvalue weighted by atomic mass is 10.1. The molecule has 1 atom stereocenters. The monoisotopic (exact) mass is 284 g/mol. The molecule has 2 N–H and O–H groups in total. The topological polar surface area (TPSA) is 55.6 Å². The summed E-state index contributed by atoms with van der Waals surface area (Å²) in [7, 11) is 1.39. The van der Waals surface area contributed by atoms with Crippen molar-refractivity contribution in [3.05, 3.63) is 35.4 Å². The lowest BCUT2D eigenvalue weighted by Crippen LogP contribution is -2.42. The molecule has 1 aliphatic heterocycles. The number of hydrogen-bond donors (Lipinski definition) is 1. The third-order valence-corrected chi connectivity index (χ3v) is 3.32. The third-order valence-electron chi connectivity index (χ3n) is 3.32. The van der Waals surface area contributed by atoms with Crippen LogP contribution in [-0.4, -0.2) is 37.1 Å². The first-order chi connectivity index (χ1) is 8.69. The summed E-state index contributed by atoms with van der Waals surface area (Å²) in [6, 6.07) is 7.88. The maximum Gasteiger partial charge on any atom is 0.337 e. The highest BCUT2D eigenvalue weighted by Gasteiger charge is 2.16. The minimum Gasteiger partial charge on any atom is -0.465 e. The number of ether oxygens (including phenoxy) is 1. The van der Waals surface area contributed by atoms with E-state index in [1.54, 1.807) is 0 Å². The highest BCUT2D eigenvalue weighted by Crippen LogP contribution is 2.13. The van der Waals surface area contributed by atoms with E-state index >= 15 is 0 Å². The van der Waals surface area contributed by atoms with Gasteiger partial charge in [-0.25, -0.2) is 4.79 Å². The summed E-state index contributed by atoms with van der Waals surface area (Å²) in [6.45, 7) is 2.96. The number of benzene rings is 1. The normalized spacial score (nSPS) is 19.6. The summed E-state index contributed by atoms with van der Waals surface area (Å²) in [5.41, 5.74) is 7.76. The lowest BCUT2D eigenvalue weighted by molar-refractivity contribution is 0.0600. The van der Waals surface area contributed by atoms with Crippen molar-refractivity contribution < 1.29 is 9.53 Å². The molecule has 0 radical (unpaired) electrons. The minimum atomic E-state index is -0.290. The number of nitrogens with two attached hydrogens (primary N) is 1. The number of rotatable bonds is 3. The van der Waals surface area contributed by atoms with Gasteiger partial charge < -0.3 is 10.5 Å². The summed E-state index contributed by atoms with van der Waals surface area (Å²) in [4.78, 5) is 13.7. The average molecular weight is 285 g/mol. The van der Waals surface area contributed by atoms with Gasteiger partial charge >= 0.3 is 5.97 Å². The van der Waals surface area contributed by atoms with E-state index in [-0.39, 0.29) is 18.4 Å². The number of esters is 1. The number of methoxy groups -OCH3 is 1. The van der Waals surface area contributed by atoms with Crippen LogP contribution in [0.5, 0.6) is 0 Å². The van der Waals surface area contributed by atoms with Gasteiger partial charge in [0.25, 0.3) is 0 Å². The maximum atomic E-state index is 11.3. The van der Waals surface area contributed by atoms with E-state index in [2.05, 4.69) is 9.64 Å². The first-order valence-electron chi connectivity index (χ1n) is 6.34. The quantitative estimate of drug-likeness (QED) is 0.860. The molecule has 1 aromatic rings. The van der Waals surface area contributed by atoms with Crippen LogP contribution in [-0.2, 0) is 11.3 Å². The Morgan fingerprint density at radius 2 is 2.11 bits per heavy atom. The molecule has 19 heavy (non-hydrogen) atoms. The SMILES string of the molecule is COC(=O)c1ccc(CN2CCC[C@@H](N)C2)cc1.Cl. The highest BCUT2D eigenvalue weighted by molar-refractivity contribution is 5.89. The summed E-state index contributed by atoms with van der Waals surface area (Å²) in [5.74, 6) is -0.290. The molecule has 0 saturated carbocycles. The van der Waals surface area contributed by atoms with Gasteiger partial charge in [0, 0.05) is 19.1 Å². The predicted molar refractivity (Wildman–Crippen MR) is 77.5 cm³/mol. The number of nitrogens with zero attached hydrogens (tertiary/aromatic N) is 1. The number of carbonyl (C=O) groups is 1. The molecular weight excluding hydrogens is 264 g/mol. The van der Waals surface area contributed by atoms with Gasteiger partial charge in [0.05, 0.1) is 12.7 Å². The maximum absolute atomic E-state index is 11.3. The Kier molecular flexibility index (Phi) is 6.28.